The van der Waals surface area contributed by atoms with Gasteiger partial charge in [-0.25, -0.2) is 4.39 Å². The molecule has 6 nitrogen and oxygen atoms in total. The normalized spacial score (nSPS) is 18.6. The second-order valence-electron chi connectivity index (χ2n) is 4.87. The number of benzene rings is 1. The minimum atomic E-state index is -0.950. The van der Waals surface area contributed by atoms with Gasteiger partial charge in [0.25, 0.3) is 5.69 Å². The van der Waals surface area contributed by atoms with Crippen LogP contribution in [0.3, 0.4) is 0 Å². The zero-order chi connectivity index (χ0) is 15.6. The first-order valence-corrected chi connectivity index (χ1v) is 7.56. The van der Waals surface area contributed by atoms with Gasteiger partial charge >= 0.3 is 5.97 Å². The second kappa shape index (κ2) is 6.30. The Labute approximate surface area is 125 Å². The molecule has 1 aliphatic heterocycles. The van der Waals surface area contributed by atoms with Crippen molar-refractivity contribution < 1.29 is 19.2 Å². The summed E-state index contributed by atoms with van der Waals surface area (Å²) in [5.41, 5.74) is 0.286. The third-order valence-electron chi connectivity index (χ3n) is 3.40. The molecular weight excluding hydrogens is 299 g/mol. The van der Waals surface area contributed by atoms with Gasteiger partial charge in [0.2, 0.25) is 0 Å². The summed E-state index contributed by atoms with van der Waals surface area (Å²) in [7, 11) is 0. The van der Waals surface area contributed by atoms with E-state index in [1.807, 2.05) is 0 Å². The summed E-state index contributed by atoms with van der Waals surface area (Å²) in [5.74, 6) is -0.246. The third-order valence-corrected chi connectivity index (χ3v) is 4.49. The molecular formula is C13H15FN2O4S. The number of nitro benzene ring substituents is 1. The van der Waals surface area contributed by atoms with Crippen molar-refractivity contribution in [2.45, 2.75) is 19.4 Å². The fourth-order valence-corrected chi connectivity index (χ4v) is 3.44. The van der Waals surface area contributed by atoms with E-state index in [0.29, 0.717) is 23.5 Å². The molecule has 21 heavy (non-hydrogen) atoms. The summed E-state index contributed by atoms with van der Waals surface area (Å²) in [6, 6.07) is 2.01. The van der Waals surface area contributed by atoms with Crippen LogP contribution in [-0.4, -0.2) is 40.1 Å². The molecule has 1 unspecified atom stereocenters. The van der Waals surface area contributed by atoms with Crippen LogP contribution in [0, 0.1) is 22.9 Å². The maximum absolute atomic E-state index is 13.6. The highest BCUT2D eigenvalue weighted by Gasteiger charge is 2.30. The fourth-order valence-electron chi connectivity index (χ4n) is 2.37. The standard InChI is InChI=1S/C13H15FN2O4S/c1-8-4-11(12(16(19)20)6-10(8)14)15-2-3-21-7-9(15)5-13(17)18/h4,6,9H,2-3,5,7H2,1H3,(H,17,18). The van der Waals surface area contributed by atoms with Gasteiger partial charge < -0.3 is 10.0 Å². The lowest BCUT2D eigenvalue weighted by Crippen LogP contribution is -2.44. The Kier molecular flexibility index (Phi) is 4.66. The van der Waals surface area contributed by atoms with Crippen molar-refractivity contribution >= 4 is 29.1 Å². The number of rotatable bonds is 4. The molecule has 1 N–H and O–H groups in total. The van der Waals surface area contributed by atoms with Gasteiger partial charge in [-0.3, -0.25) is 14.9 Å². The molecule has 0 radical (unpaired) electrons. The highest BCUT2D eigenvalue weighted by Crippen LogP contribution is 2.35. The molecule has 0 bridgehead atoms. The number of aryl methyl sites for hydroxylation is 1. The molecule has 2 rings (SSSR count). The lowest BCUT2D eigenvalue weighted by Gasteiger charge is -2.36. The molecule has 1 aromatic rings. The van der Waals surface area contributed by atoms with Crippen molar-refractivity contribution in [3.8, 4) is 0 Å². The number of carbonyl (C=O) groups is 1. The van der Waals surface area contributed by atoms with Crippen molar-refractivity contribution in [3.05, 3.63) is 33.6 Å². The van der Waals surface area contributed by atoms with Gasteiger partial charge in [0.1, 0.15) is 11.5 Å². The zero-order valence-electron chi connectivity index (χ0n) is 11.4. The molecule has 0 saturated carbocycles. The Balaban J connectivity index is 2.44. The largest absolute Gasteiger partial charge is 0.481 e. The number of hydrogen-bond acceptors (Lipinski definition) is 5. The first kappa shape index (κ1) is 15.6. The van der Waals surface area contributed by atoms with Crippen LogP contribution in [0.4, 0.5) is 15.8 Å². The highest BCUT2D eigenvalue weighted by atomic mass is 32.2. The van der Waals surface area contributed by atoms with E-state index in [0.717, 1.165) is 11.8 Å². The van der Waals surface area contributed by atoms with Gasteiger partial charge in [-0.05, 0) is 18.6 Å². The van der Waals surface area contributed by atoms with Crippen LogP contribution in [0.5, 0.6) is 0 Å². The van der Waals surface area contributed by atoms with Crippen LogP contribution in [0.25, 0.3) is 0 Å². The van der Waals surface area contributed by atoms with Crippen molar-refractivity contribution in [2.75, 3.05) is 23.0 Å². The van der Waals surface area contributed by atoms with E-state index in [9.17, 15) is 19.3 Å². The van der Waals surface area contributed by atoms with Crippen LogP contribution in [0.15, 0.2) is 12.1 Å². The fraction of sp³-hybridized carbons (Fsp3) is 0.462. The van der Waals surface area contributed by atoms with Crippen molar-refractivity contribution in [1.29, 1.82) is 0 Å². The lowest BCUT2D eigenvalue weighted by atomic mass is 10.1. The average molecular weight is 314 g/mol. The predicted molar refractivity (Wildman–Crippen MR) is 78.5 cm³/mol. The molecule has 1 aliphatic rings. The maximum atomic E-state index is 13.6. The number of thioether (sulfide) groups is 1. The summed E-state index contributed by atoms with van der Waals surface area (Å²) in [4.78, 5) is 23.2. The predicted octanol–water partition coefficient (Wildman–Crippen LogP) is 2.44. The van der Waals surface area contributed by atoms with Crippen molar-refractivity contribution in [1.82, 2.24) is 0 Å². The monoisotopic (exact) mass is 314 g/mol. The average Bonchev–Trinajstić information content (AvgIpc) is 2.41. The smallest absolute Gasteiger partial charge is 0.305 e. The Morgan fingerprint density at radius 3 is 2.95 bits per heavy atom. The number of carboxylic acids is 1. The second-order valence-corrected chi connectivity index (χ2v) is 6.02. The highest BCUT2D eigenvalue weighted by molar-refractivity contribution is 7.99. The SMILES string of the molecule is Cc1cc(N2CCSCC2CC(=O)O)c([N+](=O)[O-])cc1F. The van der Waals surface area contributed by atoms with E-state index in [2.05, 4.69) is 0 Å². The van der Waals surface area contributed by atoms with Crippen LogP contribution >= 0.6 is 11.8 Å². The summed E-state index contributed by atoms with van der Waals surface area (Å²) in [5, 5.41) is 20.1. The number of nitrogens with zero attached hydrogens (tertiary/aromatic N) is 2. The molecule has 1 atom stereocenters. The summed E-state index contributed by atoms with van der Waals surface area (Å²) in [6.07, 6.45) is -0.0966. The lowest BCUT2D eigenvalue weighted by molar-refractivity contribution is -0.384. The van der Waals surface area contributed by atoms with Crippen LogP contribution < -0.4 is 4.90 Å². The maximum Gasteiger partial charge on any atom is 0.305 e. The molecule has 0 amide bonds. The van der Waals surface area contributed by atoms with Gasteiger partial charge in [-0.1, -0.05) is 0 Å². The van der Waals surface area contributed by atoms with E-state index < -0.39 is 16.7 Å². The van der Waals surface area contributed by atoms with Gasteiger partial charge in [0.15, 0.2) is 0 Å². The number of aliphatic carboxylic acids is 1. The van der Waals surface area contributed by atoms with E-state index in [1.54, 1.807) is 16.7 Å². The van der Waals surface area contributed by atoms with Crippen LogP contribution in [0.1, 0.15) is 12.0 Å². The Morgan fingerprint density at radius 1 is 1.62 bits per heavy atom. The molecule has 1 aromatic carbocycles. The zero-order valence-corrected chi connectivity index (χ0v) is 12.2. The van der Waals surface area contributed by atoms with E-state index in [1.165, 1.54) is 13.0 Å². The van der Waals surface area contributed by atoms with Crippen LogP contribution in [-0.2, 0) is 4.79 Å². The molecule has 8 heteroatoms. The molecule has 0 spiro atoms. The summed E-state index contributed by atoms with van der Waals surface area (Å²) in [6.45, 7) is 2.04. The van der Waals surface area contributed by atoms with Gasteiger partial charge in [-0.2, -0.15) is 11.8 Å². The van der Waals surface area contributed by atoms with E-state index in [4.69, 9.17) is 5.11 Å². The number of hydrogen-bond donors (Lipinski definition) is 1. The van der Waals surface area contributed by atoms with Gasteiger partial charge in [-0.15, -0.1) is 0 Å². The van der Waals surface area contributed by atoms with Gasteiger partial charge in [0.05, 0.1) is 17.4 Å². The first-order chi connectivity index (χ1) is 9.90. The van der Waals surface area contributed by atoms with Crippen molar-refractivity contribution in [3.63, 3.8) is 0 Å². The first-order valence-electron chi connectivity index (χ1n) is 6.41. The Bertz CT molecular complexity index is 582. The molecule has 1 fully saturated rings. The van der Waals surface area contributed by atoms with Crippen molar-refractivity contribution in [2.24, 2.45) is 0 Å². The quantitative estimate of drug-likeness (QED) is 0.679. The minimum absolute atomic E-state index is 0.0966. The molecule has 114 valence electrons. The summed E-state index contributed by atoms with van der Waals surface area (Å²) < 4.78 is 13.6. The van der Waals surface area contributed by atoms with E-state index in [-0.39, 0.29) is 18.2 Å². The molecule has 1 saturated heterocycles. The number of carboxylic acid groups (broad SMARTS) is 1. The van der Waals surface area contributed by atoms with E-state index >= 15 is 0 Å². The minimum Gasteiger partial charge on any atom is -0.481 e. The Hall–Kier alpha value is -1.83. The number of nitro groups is 1. The number of halogens is 1. The molecule has 1 heterocycles. The topological polar surface area (TPSA) is 83.7 Å². The molecule has 0 aliphatic carbocycles. The van der Waals surface area contributed by atoms with Gasteiger partial charge in [0, 0.05) is 24.1 Å². The molecule has 0 aromatic heterocycles. The van der Waals surface area contributed by atoms with Crippen LogP contribution in [0.2, 0.25) is 0 Å². The summed E-state index contributed by atoms with van der Waals surface area (Å²) >= 11 is 1.62. The Morgan fingerprint density at radius 2 is 2.33 bits per heavy atom. The third kappa shape index (κ3) is 3.44. The number of anilines is 1.